The quantitative estimate of drug-likeness (QED) is 0.854. The van der Waals surface area contributed by atoms with Crippen LogP contribution in [-0.4, -0.2) is 30.0 Å². The number of hydrogen-bond acceptors (Lipinski definition) is 4. The lowest BCUT2D eigenvalue weighted by molar-refractivity contribution is -0.118. The molecule has 0 saturated heterocycles. The molecule has 27 heavy (non-hydrogen) atoms. The number of carbonyl (C=O) groups excluding carboxylic acids is 2. The van der Waals surface area contributed by atoms with E-state index in [4.69, 9.17) is 9.15 Å². The lowest BCUT2D eigenvalue weighted by Crippen LogP contribution is -2.35. The standard InChI is InChI=1S/C20H25N3O4/c1-6-23(9-15-8-7-11(2)27-15)20(25)22-17-12(3)13(4)19-18(14(17)5)21-16(24)10-26-19/h7-8H,6,9-10H2,1-5H3,(H,21,24)(H,22,25). The van der Waals surface area contributed by atoms with Gasteiger partial charge in [-0.25, -0.2) is 4.79 Å². The lowest BCUT2D eigenvalue weighted by Gasteiger charge is -2.27. The van der Waals surface area contributed by atoms with Gasteiger partial charge in [-0.05, 0) is 57.9 Å². The molecule has 0 unspecified atom stereocenters. The molecule has 1 aliphatic rings. The number of anilines is 2. The Morgan fingerprint density at radius 1 is 1.19 bits per heavy atom. The number of urea groups is 1. The molecule has 0 saturated carbocycles. The van der Waals surface area contributed by atoms with Crippen molar-refractivity contribution in [2.75, 3.05) is 23.8 Å². The third kappa shape index (κ3) is 3.63. The van der Waals surface area contributed by atoms with Gasteiger partial charge >= 0.3 is 6.03 Å². The Labute approximate surface area is 158 Å². The third-order valence-corrected chi connectivity index (χ3v) is 4.91. The summed E-state index contributed by atoms with van der Waals surface area (Å²) in [6.45, 7) is 10.4. The van der Waals surface area contributed by atoms with Gasteiger partial charge in [-0.3, -0.25) is 4.79 Å². The molecule has 7 heteroatoms. The number of hydrogen-bond donors (Lipinski definition) is 2. The number of nitrogens with one attached hydrogen (secondary N) is 2. The average molecular weight is 371 g/mol. The summed E-state index contributed by atoms with van der Waals surface area (Å²) >= 11 is 0. The summed E-state index contributed by atoms with van der Waals surface area (Å²) in [5.74, 6) is 2.02. The van der Waals surface area contributed by atoms with Gasteiger partial charge < -0.3 is 24.7 Å². The SMILES string of the molecule is CCN(Cc1ccc(C)o1)C(=O)Nc1c(C)c(C)c2c(c1C)NC(=O)CO2. The van der Waals surface area contributed by atoms with Crippen LogP contribution in [0.5, 0.6) is 5.75 Å². The van der Waals surface area contributed by atoms with E-state index in [1.54, 1.807) is 4.90 Å². The summed E-state index contributed by atoms with van der Waals surface area (Å²) < 4.78 is 11.2. The highest BCUT2D eigenvalue weighted by molar-refractivity contribution is 6.00. The Bertz CT molecular complexity index is 901. The number of benzene rings is 1. The van der Waals surface area contributed by atoms with Crippen LogP contribution in [0.4, 0.5) is 16.2 Å². The predicted octanol–water partition coefficient (Wildman–Crippen LogP) is 3.90. The number of fused-ring (bicyclic) bond motifs is 1. The van der Waals surface area contributed by atoms with E-state index in [2.05, 4.69) is 10.6 Å². The number of ether oxygens (including phenoxy) is 1. The number of nitrogens with zero attached hydrogens (tertiary/aromatic N) is 1. The maximum atomic E-state index is 12.9. The maximum Gasteiger partial charge on any atom is 0.322 e. The van der Waals surface area contributed by atoms with Crippen molar-refractivity contribution in [3.63, 3.8) is 0 Å². The molecule has 0 fully saturated rings. The van der Waals surface area contributed by atoms with Crippen molar-refractivity contribution in [3.8, 4) is 5.75 Å². The van der Waals surface area contributed by atoms with Crippen molar-refractivity contribution in [3.05, 3.63) is 40.3 Å². The number of furan rings is 1. The Hall–Kier alpha value is -2.96. The highest BCUT2D eigenvalue weighted by atomic mass is 16.5. The fourth-order valence-electron chi connectivity index (χ4n) is 3.22. The molecule has 0 spiro atoms. The van der Waals surface area contributed by atoms with E-state index in [1.165, 1.54) is 0 Å². The first-order valence-electron chi connectivity index (χ1n) is 8.99. The van der Waals surface area contributed by atoms with Crippen molar-refractivity contribution in [2.45, 2.75) is 41.2 Å². The zero-order valence-corrected chi connectivity index (χ0v) is 16.4. The first-order chi connectivity index (χ1) is 12.8. The van der Waals surface area contributed by atoms with Crippen LogP contribution in [-0.2, 0) is 11.3 Å². The van der Waals surface area contributed by atoms with Gasteiger partial charge in [-0.1, -0.05) is 0 Å². The Balaban J connectivity index is 1.87. The van der Waals surface area contributed by atoms with Gasteiger partial charge in [0.25, 0.3) is 5.91 Å². The number of amides is 3. The summed E-state index contributed by atoms with van der Waals surface area (Å²) in [6.07, 6.45) is 0. The number of carbonyl (C=O) groups is 2. The van der Waals surface area contributed by atoms with Crippen LogP contribution >= 0.6 is 0 Å². The first-order valence-corrected chi connectivity index (χ1v) is 8.99. The minimum atomic E-state index is -0.222. The summed E-state index contributed by atoms with van der Waals surface area (Å²) in [4.78, 5) is 26.3. The molecule has 1 aromatic heterocycles. The molecular weight excluding hydrogens is 346 g/mol. The topological polar surface area (TPSA) is 83.8 Å². The Kier molecular flexibility index (Phi) is 5.12. The van der Waals surface area contributed by atoms with Crippen molar-refractivity contribution in [2.24, 2.45) is 0 Å². The van der Waals surface area contributed by atoms with Crippen LogP contribution < -0.4 is 15.4 Å². The minimum absolute atomic E-state index is 0.00457. The van der Waals surface area contributed by atoms with Gasteiger partial charge in [0.1, 0.15) is 17.3 Å². The molecule has 3 amide bonds. The first kappa shape index (κ1) is 18.8. The molecule has 144 valence electrons. The molecule has 2 N–H and O–H groups in total. The molecule has 0 aliphatic carbocycles. The fraction of sp³-hybridized carbons (Fsp3) is 0.400. The predicted molar refractivity (Wildman–Crippen MR) is 103 cm³/mol. The molecule has 0 atom stereocenters. The largest absolute Gasteiger partial charge is 0.481 e. The van der Waals surface area contributed by atoms with E-state index in [-0.39, 0.29) is 18.5 Å². The van der Waals surface area contributed by atoms with Crippen LogP contribution in [0, 0.1) is 27.7 Å². The second-order valence-corrected chi connectivity index (χ2v) is 6.75. The zero-order chi connectivity index (χ0) is 19.7. The maximum absolute atomic E-state index is 12.9. The smallest absolute Gasteiger partial charge is 0.322 e. The molecule has 3 rings (SSSR count). The molecule has 1 aliphatic heterocycles. The Morgan fingerprint density at radius 3 is 2.56 bits per heavy atom. The van der Waals surface area contributed by atoms with Crippen molar-refractivity contribution >= 4 is 23.3 Å². The van der Waals surface area contributed by atoms with Gasteiger partial charge in [-0.2, -0.15) is 0 Å². The lowest BCUT2D eigenvalue weighted by atomic mass is 9.99. The molecule has 1 aromatic carbocycles. The van der Waals surface area contributed by atoms with E-state index < -0.39 is 0 Å². The number of rotatable bonds is 4. The summed E-state index contributed by atoms with van der Waals surface area (Å²) in [6, 6.07) is 3.53. The molecule has 2 heterocycles. The van der Waals surface area contributed by atoms with Crippen LogP contribution in [0.25, 0.3) is 0 Å². The van der Waals surface area contributed by atoms with E-state index in [1.807, 2.05) is 46.8 Å². The molecule has 0 bridgehead atoms. The van der Waals surface area contributed by atoms with Gasteiger partial charge in [0.05, 0.1) is 17.9 Å². The monoisotopic (exact) mass is 371 g/mol. The van der Waals surface area contributed by atoms with Crippen LogP contribution in [0.1, 0.15) is 35.1 Å². The average Bonchev–Trinajstić information content (AvgIpc) is 3.06. The second-order valence-electron chi connectivity index (χ2n) is 6.75. The molecular formula is C20H25N3O4. The van der Waals surface area contributed by atoms with E-state index in [0.29, 0.717) is 30.2 Å². The normalized spacial score (nSPS) is 12.9. The van der Waals surface area contributed by atoms with Crippen molar-refractivity contribution in [1.29, 1.82) is 0 Å². The van der Waals surface area contributed by atoms with E-state index in [0.717, 1.165) is 28.2 Å². The molecule has 2 aromatic rings. The van der Waals surface area contributed by atoms with Crippen molar-refractivity contribution < 1.29 is 18.7 Å². The van der Waals surface area contributed by atoms with Gasteiger partial charge in [0.15, 0.2) is 6.61 Å². The van der Waals surface area contributed by atoms with E-state index in [9.17, 15) is 9.59 Å². The molecule has 0 radical (unpaired) electrons. The minimum Gasteiger partial charge on any atom is -0.481 e. The summed E-state index contributed by atoms with van der Waals surface area (Å²) in [7, 11) is 0. The van der Waals surface area contributed by atoms with E-state index >= 15 is 0 Å². The van der Waals surface area contributed by atoms with Gasteiger partial charge in [-0.15, -0.1) is 0 Å². The van der Waals surface area contributed by atoms with Gasteiger partial charge in [0.2, 0.25) is 0 Å². The zero-order valence-electron chi connectivity index (χ0n) is 16.4. The number of aryl methyl sites for hydroxylation is 1. The van der Waals surface area contributed by atoms with Crippen LogP contribution in [0.3, 0.4) is 0 Å². The van der Waals surface area contributed by atoms with Crippen LogP contribution in [0.2, 0.25) is 0 Å². The van der Waals surface area contributed by atoms with Crippen LogP contribution in [0.15, 0.2) is 16.5 Å². The third-order valence-electron chi connectivity index (χ3n) is 4.91. The molecule has 7 nitrogen and oxygen atoms in total. The van der Waals surface area contributed by atoms with Gasteiger partial charge in [0, 0.05) is 12.1 Å². The second kappa shape index (κ2) is 7.34. The summed E-state index contributed by atoms with van der Waals surface area (Å²) in [5.41, 5.74) is 3.90. The Morgan fingerprint density at radius 2 is 1.93 bits per heavy atom. The fourth-order valence-corrected chi connectivity index (χ4v) is 3.22. The van der Waals surface area contributed by atoms with Crippen molar-refractivity contribution in [1.82, 2.24) is 4.90 Å². The highest BCUT2D eigenvalue weighted by Crippen LogP contribution is 2.41. The highest BCUT2D eigenvalue weighted by Gasteiger charge is 2.26. The summed E-state index contributed by atoms with van der Waals surface area (Å²) in [5, 5.41) is 5.85.